The predicted molar refractivity (Wildman–Crippen MR) is 62.7 cm³/mol. The van der Waals surface area contributed by atoms with Crippen LogP contribution in [0.5, 0.6) is 0 Å². The molecular weight excluding hydrogens is 218 g/mol. The number of nitrogens with one attached hydrogen (secondary N) is 1. The largest absolute Gasteiger partial charge is 0.460 e. The van der Waals surface area contributed by atoms with Crippen molar-refractivity contribution in [1.29, 1.82) is 0 Å². The van der Waals surface area contributed by atoms with E-state index in [0.717, 1.165) is 5.76 Å². The number of carbonyl (C=O) groups excluding carboxylic acids is 1. The molecule has 1 N–H and O–H groups in total. The molecule has 0 aromatic carbocycles. The Kier molecular flexibility index (Phi) is 3.30. The Morgan fingerprint density at radius 3 is 2.94 bits per heavy atom. The molecule has 1 amide bonds. The van der Waals surface area contributed by atoms with Gasteiger partial charge in [0.15, 0.2) is 0 Å². The van der Waals surface area contributed by atoms with Gasteiger partial charge in [-0.25, -0.2) is 5.43 Å². The Labute approximate surface area is 98.2 Å². The van der Waals surface area contributed by atoms with Crippen molar-refractivity contribution in [3.63, 3.8) is 0 Å². The topological polar surface area (TPSA) is 67.5 Å². The fraction of sp³-hybridized carbons (Fsp3) is 0.0833. The van der Waals surface area contributed by atoms with E-state index in [1.54, 1.807) is 30.5 Å². The summed E-state index contributed by atoms with van der Waals surface area (Å²) in [4.78, 5) is 15.4. The fourth-order valence-corrected chi connectivity index (χ4v) is 1.23. The van der Waals surface area contributed by atoms with Gasteiger partial charge in [-0.2, -0.15) is 5.10 Å². The van der Waals surface area contributed by atoms with Crippen molar-refractivity contribution < 1.29 is 9.21 Å². The Balaban J connectivity index is 1.95. The molecule has 0 saturated carbocycles. The van der Waals surface area contributed by atoms with Crippen molar-refractivity contribution in [2.75, 3.05) is 0 Å². The second kappa shape index (κ2) is 5.07. The van der Waals surface area contributed by atoms with E-state index in [9.17, 15) is 4.79 Å². The number of aryl methyl sites for hydroxylation is 1. The van der Waals surface area contributed by atoms with Crippen LogP contribution in [0, 0.1) is 6.92 Å². The molecule has 0 radical (unpaired) electrons. The minimum Gasteiger partial charge on any atom is -0.460 e. The van der Waals surface area contributed by atoms with E-state index >= 15 is 0 Å². The molecule has 86 valence electrons. The van der Waals surface area contributed by atoms with Crippen molar-refractivity contribution >= 4 is 12.1 Å². The summed E-state index contributed by atoms with van der Waals surface area (Å²) >= 11 is 0. The summed E-state index contributed by atoms with van der Waals surface area (Å²) < 4.78 is 5.25. The van der Waals surface area contributed by atoms with Crippen LogP contribution in [0.15, 0.2) is 46.0 Å². The van der Waals surface area contributed by atoms with Crippen molar-refractivity contribution in [2.45, 2.75) is 6.92 Å². The second-order valence-corrected chi connectivity index (χ2v) is 3.36. The highest BCUT2D eigenvalue weighted by Gasteiger charge is 2.03. The van der Waals surface area contributed by atoms with Crippen LogP contribution in [-0.2, 0) is 0 Å². The number of rotatable bonds is 3. The van der Waals surface area contributed by atoms with Gasteiger partial charge in [0.25, 0.3) is 5.91 Å². The summed E-state index contributed by atoms with van der Waals surface area (Å²) in [5, 5.41) is 3.77. The van der Waals surface area contributed by atoms with E-state index in [-0.39, 0.29) is 5.91 Å². The van der Waals surface area contributed by atoms with E-state index in [1.807, 2.05) is 13.0 Å². The average Bonchev–Trinajstić information content (AvgIpc) is 2.76. The maximum atomic E-state index is 11.5. The second-order valence-electron chi connectivity index (χ2n) is 3.36. The third kappa shape index (κ3) is 3.01. The maximum Gasteiger partial charge on any atom is 0.289 e. The van der Waals surface area contributed by atoms with Crippen LogP contribution in [0.25, 0.3) is 0 Å². The molecule has 0 unspecified atom stereocenters. The average molecular weight is 229 g/mol. The molecule has 2 aromatic rings. The molecule has 5 nitrogen and oxygen atoms in total. The first-order valence-electron chi connectivity index (χ1n) is 5.06. The zero-order valence-electron chi connectivity index (χ0n) is 9.25. The summed E-state index contributed by atoms with van der Waals surface area (Å²) in [6.07, 6.45) is 2.99. The first-order valence-corrected chi connectivity index (χ1v) is 5.06. The van der Waals surface area contributed by atoms with Crippen LogP contribution >= 0.6 is 0 Å². The van der Waals surface area contributed by atoms with Crippen LogP contribution < -0.4 is 5.43 Å². The lowest BCUT2D eigenvalue weighted by molar-refractivity contribution is 0.0950. The molecule has 0 aliphatic rings. The zero-order valence-corrected chi connectivity index (χ0v) is 9.25. The smallest absolute Gasteiger partial charge is 0.289 e. The van der Waals surface area contributed by atoms with E-state index in [0.29, 0.717) is 11.5 Å². The zero-order chi connectivity index (χ0) is 12.1. The van der Waals surface area contributed by atoms with Crippen molar-refractivity contribution in [3.05, 3.63) is 53.7 Å². The third-order valence-electron chi connectivity index (χ3n) is 2.02. The Bertz CT molecular complexity index is 532. The van der Waals surface area contributed by atoms with Gasteiger partial charge in [-0.05, 0) is 31.2 Å². The number of hydrogen-bond donors (Lipinski definition) is 1. The molecule has 0 bridgehead atoms. The van der Waals surface area contributed by atoms with Crippen molar-refractivity contribution in [1.82, 2.24) is 10.4 Å². The van der Waals surface area contributed by atoms with E-state index < -0.39 is 0 Å². The van der Waals surface area contributed by atoms with Crippen molar-refractivity contribution in [2.24, 2.45) is 5.10 Å². The number of carbonyl (C=O) groups is 1. The molecule has 0 fully saturated rings. The Hall–Kier alpha value is -2.43. The molecule has 0 spiro atoms. The van der Waals surface area contributed by atoms with Crippen molar-refractivity contribution in [3.8, 4) is 0 Å². The quantitative estimate of drug-likeness (QED) is 0.644. The van der Waals surface area contributed by atoms with Gasteiger partial charge >= 0.3 is 0 Å². The van der Waals surface area contributed by atoms with Crippen LogP contribution in [-0.4, -0.2) is 17.1 Å². The number of pyridine rings is 1. The molecule has 17 heavy (non-hydrogen) atoms. The molecule has 0 aliphatic carbocycles. The van der Waals surface area contributed by atoms with Gasteiger partial charge in [-0.3, -0.25) is 9.78 Å². The molecule has 0 aliphatic heterocycles. The SMILES string of the molecule is Cc1ccc(/C=N/NC(=O)c2ccccn2)o1. The van der Waals surface area contributed by atoms with Gasteiger partial charge in [0.1, 0.15) is 17.2 Å². The lowest BCUT2D eigenvalue weighted by Gasteiger charge is -1.96. The number of aromatic nitrogens is 1. The monoisotopic (exact) mass is 229 g/mol. The van der Waals surface area contributed by atoms with Gasteiger partial charge < -0.3 is 4.42 Å². The van der Waals surface area contributed by atoms with E-state index in [1.165, 1.54) is 6.21 Å². The Morgan fingerprint density at radius 1 is 1.41 bits per heavy atom. The minimum atomic E-state index is -0.356. The van der Waals surface area contributed by atoms with Crippen LogP contribution in [0.4, 0.5) is 0 Å². The predicted octanol–water partition coefficient (Wildman–Crippen LogP) is 1.75. The standard InChI is InChI=1S/C12H11N3O2/c1-9-5-6-10(17-9)8-14-15-12(16)11-4-2-3-7-13-11/h2-8H,1H3,(H,15,16)/b14-8+. The minimum absolute atomic E-state index is 0.320. The summed E-state index contributed by atoms with van der Waals surface area (Å²) in [5.74, 6) is 1.02. The van der Waals surface area contributed by atoms with Gasteiger partial charge in [-0.15, -0.1) is 0 Å². The molecular formula is C12H11N3O2. The van der Waals surface area contributed by atoms with Gasteiger partial charge in [0.2, 0.25) is 0 Å². The Morgan fingerprint density at radius 2 is 2.29 bits per heavy atom. The summed E-state index contributed by atoms with van der Waals surface area (Å²) in [6.45, 7) is 1.84. The lowest BCUT2D eigenvalue weighted by Crippen LogP contribution is -2.18. The highest BCUT2D eigenvalue weighted by molar-refractivity contribution is 5.92. The number of hydrazone groups is 1. The third-order valence-corrected chi connectivity index (χ3v) is 2.02. The molecule has 2 aromatic heterocycles. The molecule has 2 heterocycles. The highest BCUT2D eigenvalue weighted by Crippen LogP contribution is 2.02. The van der Waals surface area contributed by atoms with Crippen LogP contribution in [0.2, 0.25) is 0 Å². The van der Waals surface area contributed by atoms with Gasteiger partial charge in [-0.1, -0.05) is 6.07 Å². The number of nitrogens with zero attached hydrogens (tertiary/aromatic N) is 2. The summed E-state index contributed by atoms with van der Waals surface area (Å²) in [7, 11) is 0. The molecule has 0 atom stereocenters. The number of furan rings is 1. The number of amides is 1. The molecule has 2 rings (SSSR count). The maximum absolute atomic E-state index is 11.5. The first kappa shape index (κ1) is 11.1. The van der Waals surface area contributed by atoms with Crippen LogP contribution in [0.1, 0.15) is 22.0 Å². The molecule has 0 saturated heterocycles. The van der Waals surface area contributed by atoms with Gasteiger partial charge in [0.05, 0.1) is 6.21 Å². The lowest BCUT2D eigenvalue weighted by atomic mass is 10.3. The van der Waals surface area contributed by atoms with E-state index in [2.05, 4.69) is 15.5 Å². The normalized spacial score (nSPS) is 10.6. The van der Waals surface area contributed by atoms with Crippen LogP contribution in [0.3, 0.4) is 0 Å². The molecule has 5 heteroatoms. The first-order chi connectivity index (χ1) is 8.25. The fourth-order valence-electron chi connectivity index (χ4n) is 1.23. The summed E-state index contributed by atoms with van der Waals surface area (Å²) in [5.41, 5.74) is 2.68. The number of hydrogen-bond acceptors (Lipinski definition) is 4. The summed E-state index contributed by atoms with van der Waals surface area (Å²) in [6, 6.07) is 8.68. The highest BCUT2D eigenvalue weighted by atomic mass is 16.3. The van der Waals surface area contributed by atoms with E-state index in [4.69, 9.17) is 4.42 Å². The van der Waals surface area contributed by atoms with Gasteiger partial charge in [0, 0.05) is 6.20 Å².